The fourth-order valence-electron chi connectivity index (χ4n) is 3.22. The van der Waals surface area contributed by atoms with Gasteiger partial charge in [-0.15, -0.1) is 0 Å². The summed E-state index contributed by atoms with van der Waals surface area (Å²) < 4.78 is 1.95. The average molecular weight is 321 g/mol. The van der Waals surface area contributed by atoms with E-state index in [1.54, 1.807) is 12.4 Å². The van der Waals surface area contributed by atoms with Crippen LogP contribution >= 0.6 is 0 Å². The Kier molecular flexibility index (Phi) is 3.68. The third kappa shape index (κ3) is 2.62. The van der Waals surface area contributed by atoms with E-state index in [1.165, 1.54) is 0 Å². The summed E-state index contributed by atoms with van der Waals surface area (Å²) in [6, 6.07) is 2.15. The minimum absolute atomic E-state index is 0.190. The van der Waals surface area contributed by atoms with E-state index in [0.29, 0.717) is 0 Å². The quantitative estimate of drug-likeness (QED) is 0.737. The molecule has 0 spiro atoms. The Hall–Kier alpha value is -2.83. The average Bonchev–Trinajstić information content (AvgIpc) is 3.24. The van der Waals surface area contributed by atoms with E-state index in [-0.39, 0.29) is 6.04 Å². The second kappa shape index (κ2) is 5.99. The summed E-state index contributed by atoms with van der Waals surface area (Å²) in [6.07, 6.45) is 11.3. The second-order valence-corrected chi connectivity index (χ2v) is 5.96. The summed E-state index contributed by atoms with van der Waals surface area (Å²) in [5, 5.41) is 0. The molecule has 4 heterocycles. The normalized spacial score (nSPS) is 17.4. The van der Waals surface area contributed by atoms with Gasteiger partial charge in [0.2, 0.25) is 0 Å². The van der Waals surface area contributed by atoms with Crippen molar-refractivity contribution in [3.8, 4) is 5.82 Å². The Morgan fingerprint density at radius 1 is 1.04 bits per heavy atom. The molecule has 7 heteroatoms. The van der Waals surface area contributed by atoms with Crippen LogP contribution in [0.3, 0.4) is 0 Å². The Morgan fingerprint density at radius 2 is 1.96 bits per heavy atom. The van der Waals surface area contributed by atoms with E-state index in [9.17, 15) is 0 Å². The van der Waals surface area contributed by atoms with Crippen LogP contribution in [0.25, 0.3) is 5.82 Å². The maximum absolute atomic E-state index is 4.83. The highest BCUT2D eigenvalue weighted by atomic mass is 15.3. The summed E-state index contributed by atoms with van der Waals surface area (Å²) in [5.74, 6) is 3.44. The van der Waals surface area contributed by atoms with Gasteiger partial charge in [0.25, 0.3) is 0 Å². The van der Waals surface area contributed by atoms with Crippen molar-refractivity contribution in [2.24, 2.45) is 0 Å². The molecule has 0 aromatic carbocycles. The molecule has 24 heavy (non-hydrogen) atoms. The van der Waals surface area contributed by atoms with E-state index in [1.807, 2.05) is 43.1 Å². The zero-order valence-corrected chi connectivity index (χ0v) is 13.8. The van der Waals surface area contributed by atoms with Crippen LogP contribution in [0, 0.1) is 13.8 Å². The number of aryl methyl sites for hydroxylation is 2. The SMILES string of the molecule is Cc1nccc(N2CCC[C@@H]2c2cncc(-n3ccnc3C)n2)n1. The van der Waals surface area contributed by atoms with Crippen LogP contribution in [-0.2, 0) is 0 Å². The summed E-state index contributed by atoms with van der Waals surface area (Å²) in [5.41, 5.74) is 0.967. The standard InChI is InChI=1S/C17H19N7/c1-12-19-6-5-16(21-12)24-8-3-4-15(24)14-10-18-11-17(22-14)23-9-7-20-13(23)2/h5-7,9-11,15H,3-4,8H2,1-2H3/t15-/m1/s1. The Balaban J connectivity index is 1.69. The number of imidazole rings is 1. The summed E-state index contributed by atoms with van der Waals surface area (Å²) in [7, 11) is 0. The molecule has 4 rings (SSSR count). The van der Waals surface area contributed by atoms with E-state index in [2.05, 4.69) is 24.8 Å². The number of nitrogens with zero attached hydrogens (tertiary/aromatic N) is 7. The molecule has 122 valence electrons. The lowest BCUT2D eigenvalue weighted by atomic mass is 10.1. The number of hydrogen-bond acceptors (Lipinski definition) is 6. The summed E-state index contributed by atoms with van der Waals surface area (Å²) in [4.78, 5) is 24.5. The van der Waals surface area contributed by atoms with Gasteiger partial charge in [-0.05, 0) is 32.8 Å². The van der Waals surface area contributed by atoms with Gasteiger partial charge in [-0.25, -0.2) is 19.9 Å². The van der Waals surface area contributed by atoms with Crippen molar-refractivity contribution in [3.63, 3.8) is 0 Å². The lowest BCUT2D eigenvalue weighted by molar-refractivity contribution is 0.676. The van der Waals surface area contributed by atoms with E-state index in [4.69, 9.17) is 4.98 Å². The van der Waals surface area contributed by atoms with Gasteiger partial charge in [-0.3, -0.25) is 9.55 Å². The molecule has 0 bridgehead atoms. The largest absolute Gasteiger partial charge is 0.348 e. The van der Waals surface area contributed by atoms with Crippen LogP contribution in [-0.4, -0.2) is 36.0 Å². The molecule has 1 atom stereocenters. The molecule has 0 aliphatic carbocycles. The predicted octanol–water partition coefficient (Wildman–Crippen LogP) is 2.41. The Morgan fingerprint density at radius 3 is 2.75 bits per heavy atom. The molecule has 0 radical (unpaired) electrons. The third-order valence-corrected chi connectivity index (χ3v) is 4.36. The van der Waals surface area contributed by atoms with Crippen molar-refractivity contribution in [3.05, 3.63) is 54.4 Å². The molecular formula is C17H19N7. The topological polar surface area (TPSA) is 72.6 Å². The van der Waals surface area contributed by atoms with Crippen LogP contribution in [0.15, 0.2) is 37.1 Å². The van der Waals surface area contributed by atoms with Crippen molar-refractivity contribution in [2.75, 3.05) is 11.4 Å². The highest BCUT2D eigenvalue weighted by Crippen LogP contribution is 2.34. The van der Waals surface area contributed by atoms with Gasteiger partial charge in [0.15, 0.2) is 5.82 Å². The molecule has 0 amide bonds. The molecule has 3 aromatic rings. The third-order valence-electron chi connectivity index (χ3n) is 4.36. The maximum atomic E-state index is 4.83. The summed E-state index contributed by atoms with van der Waals surface area (Å²) in [6.45, 7) is 4.84. The first-order chi connectivity index (χ1) is 11.7. The van der Waals surface area contributed by atoms with E-state index < -0.39 is 0 Å². The zero-order chi connectivity index (χ0) is 16.5. The Bertz CT molecular complexity index is 857. The molecule has 0 saturated carbocycles. The van der Waals surface area contributed by atoms with Gasteiger partial charge in [-0.1, -0.05) is 0 Å². The van der Waals surface area contributed by atoms with E-state index in [0.717, 1.165) is 48.4 Å². The van der Waals surface area contributed by atoms with Crippen LogP contribution in [0.2, 0.25) is 0 Å². The van der Waals surface area contributed by atoms with Crippen LogP contribution in [0.1, 0.15) is 36.2 Å². The second-order valence-electron chi connectivity index (χ2n) is 5.96. The number of hydrogen-bond donors (Lipinski definition) is 0. The molecule has 7 nitrogen and oxygen atoms in total. The molecule has 1 aliphatic rings. The van der Waals surface area contributed by atoms with Gasteiger partial charge in [0.1, 0.15) is 17.5 Å². The summed E-state index contributed by atoms with van der Waals surface area (Å²) >= 11 is 0. The highest BCUT2D eigenvalue weighted by Gasteiger charge is 2.29. The smallest absolute Gasteiger partial charge is 0.156 e. The van der Waals surface area contributed by atoms with Crippen molar-refractivity contribution >= 4 is 5.82 Å². The van der Waals surface area contributed by atoms with Crippen LogP contribution < -0.4 is 4.90 Å². The molecule has 1 saturated heterocycles. The minimum atomic E-state index is 0.190. The number of anilines is 1. The molecule has 0 unspecified atom stereocenters. The molecular weight excluding hydrogens is 302 g/mol. The van der Waals surface area contributed by atoms with Gasteiger partial charge >= 0.3 is 0 Å². The Labute approximate surface area is 140 Å². The zero-order valence-electron chi connectivity index (χ0n) is 13.8. The lowest BCUT2D eigenvalue weighted by Gasteiger charge is -2.25. The van der Waals surface area contributed by atoms with Crippen LogP contribution in [0.4, 0.5) is 5.82 Å². The van der Waals surface area contributed by atoms with Gasteiger partial charge in [-0.2, -0.15) is 0 Å². The number of rotatable bonds is 3. The highest BCUT2D eigenvalue weighted by molar-refractivity contribution is 5.42. The number of aromatic nitrogens is 6. The fourth-order valence-corrected chi connectivity index (χ4v) is 3.22. The van der Waals surface area contributed by atoms with Crippen molar-refractivity contribution in [2.45, 2.75) is 32.7 Å². The lowest BCUT2D eigenvalue weighted by Crippen LogP contribution is -2.25. The predicted molar refractivity (Wildman–Crippen MR) is 90.0 cm³/mol. The monoisotopic (exact) mass is 321 g/mol. The van der Waals surface area contributed by atoms with Gasteiger partial charge in [0.05, 0.1) is 24.1 Å². The van der Waals surface area contributed by atoms with Crippen LogP contribution in [0.5, 0.6) is 0 Å². The first-order valence-electron chi connectivity index (χ1n) is 8.11. The van der Waals surface area contributed by atoms with E-state index >= 15 is 0 Å². The van der Waals surface area contributed by atoms with Gasteiger partial charge in [0, 0.05) is 25.1 Å². The maximum Gasteiger partial charge on any atom is 0.156 e. The molecule has 1 aliphatic heterocycles. The first-order valence-corrected chi connectivity index (χ1v) is 8.11. The van der Waals surface area contributed by atoms with Crippen molar-refractivity contribution in [1.82, 2.24) is 29.5 Å². The molecule has 0 N–H and O–H groups in total. The van der Waals surface area contributed by atoms with Gasteiger partial charge < -0.3 is 4.90 Å². The van der Waals surface area contributed by atoms with Crippen molar-refractivity contribution in [1.29, 1.82) is 0 Å². The molecule has 1 fully saturated rings. The fraction of sp³-hybridized carbons (Fsp3) is 0.353. The van der Waals surface area contributed by atoms with Crippen molar-refractivity contribution < 1.29 is 0 Å². The first kappa shape index (κ1) is 14.7. The molecule has 3 aromatic heterocycles. The minimum Gasteiger partial charge on any atom is -0.348 e.